The van der Waals surface area contributed by atoms with Gasteiger partial charge in [-0.2, -0.15) is 5.26 Å². The van der Waals surface area contributed by atoms with Gasteiger partial charge in [-0.25, -0.2) is 0 Å². The number of halogens is 1. The Bertz CT molecular complexity index is 1080. The summed E-state index contributed by atoms with van der Waals surface area (Å²) >= 11 is 7.11. The highest BCUT2D eigenvalue weighted by Crippen LogP contribution is 2.44. The topological polar surface area (TPSA) is 95.1 Å². The molecule has 1 amide bonds. The van der Waals surface area contributed by atoms with Crippen LogP contribution in [0.2, 0.25) is 5.02 Å². The molecule has 6 nitrogen and oxygen atoms in total. The van der Waals surface area contributed by atoms with E-state index in [9.17, 15) is 14.9 Å². The van der Waals surface area contributed by atoms with Crippen LogP contribution in [0, 0.1) is 11.3 Å². The number of nitrogens with zero attached hydrogens (tertiary/aromatic N) is 1. The minimum absolute atomic E-state index is 0.0300. The van der Waals surface area contributed by atoms with Crippen LogP contribution < -0.4 is 10.6 Å². The van der Waals surface area contributed by atoms with Crippen molar-refractivity contribution in [3.8, 4) is 6.07 Å². The molecule has 0 bridgehead atoms. The van der Waals surface area contributed by atoms with Gasteiger partial charge in [-0.3, -0.25) is 9.59 Å². The lowest BCUT2D eigenvalue weighted by Gasteiger charge is -2.32. The molecular weight excluding hydrogens is 422 g/mol. The molecule has 0 fully saturated rings. The third-order valence-corrected chi connectivity index (χ3v) is 6.24. The highest BCUT2D eigenvalue weighted by molar-refractivity contribution is 8.03. The summed E-state index contributed by atoms with van der Waals surface area (Å²) in [7, 11) is 0. The van der Waals surface area contributed by atoms with Gasteiger partial charge in [0.25, 0.3) is 0 Å². The number of allylic oxidation sites excluding steroid dienone is 3. The summed E-state index contributed by atoms with van der Waals surface area (Å²) in [5.74, 6) is -0.0572. The highest BCUT2D eigenvalue weighted by Gasteiger charge is 2.38. The molecule has 1 aromatic heterocycles. The Kier molecular flexibility index (Phi) is 5.98. The van der Waals surface area contributed by atoms with Crippen LogP contribution in [-0.2, 0) is 9.59 Å². The van der Waals surface area contributed by atoms with E-state index in [1.54, 1.807) is 36.4 Å². The first kappa shape index (κ1) is 20.3. The molecule has 1 unspecified atom stereocenters. The van der Waals surface area contributed by atoms with Crippen LogP contribution in [0.15, 0.2) is 69.0 Å². The molecule has 1 aliphatic heterocycles. The first-order valence-corrected chi connectivity index (χ1v) is 10.8. The van der Waals surface area contributed by atoms with E-state index in [1.807, 2.05) is 0 Å². The molecule has 0 spiro atoms. The first-order chi connectivity index (χ1) is 14.6. The van der Waals surface area contributed by atoms with Crippen molar-refractivity contribution < 1.29 is 14.0 Å². The predicted molar refractivity (Wildman–Crippen MR) is 116 cm³/mol. The van der Waals surface area contributed by atoms with E-state index in [2.05, 4.69) is 16.7 Å². The van der Waals surface area contributed by atoms with Crippen LogP contribution in [0.4, 0.5) is 5.69 Å². The summed E-state index contributed by atoms with van der Waals surface area (Å²) in [6, 6.07) is 12.6. The van der Waals surface area contributed by atoms with Gasteiger partial charge in [0.05, 0.1) is 34.6 Å². The number of rotatable bonds is 5. The zero-order valence-electron chi connectivity index (χ0n) is 15.9. The van der Waals surface area contributed by atoms with Crippen molar-refractivity contribution in [1.29, 1.82) is 5.26 Å². The zero-order valence-corrected chi connectivity index (χ0v) is 17.5. The van der Waals surface area contributed by atoms with Gasteiger partial charge in [-0.1, -0.05) is 23.4 Å². The molecule has 0 radical (unpaired) electrons. The number of dihydropyridines is 1. The molecule has 1 atom stereocenters. The second-order valence-electron chi connectivity index (χ2n) is 6.94. The second-order valence-corrected chi connectivity index (χ2v) is 8.36. The molecule has 152 valence electrons. The Morgan fingerprint density at radius 3 is 2.80 bits per heavy atom. The third kappa shape index (κ3) is 4.16. The Balaban J connectivity index is 1.56. The van der Waals surface area contributed by atoms with Gasteiger partial charge in [0.2, 0.25) is 5.91 Å². The fourth-order valence-corrected chi connectivity index (χ4v) is 4.63. The summed E-state index contributed by atoms with van der Waals surface area (Å²) in [5, 5.41) is 17.1. The van der Waals surface area contributed by atoms with Crippen molar-refractivity contribution in [1.82, 2.24) is 5.32 Å². The lowest BCUT2D eigenvalue weighted by molar-refractivity contribution is -0.116. The quantitative estimate of drug-likeness (QED) is 0.699. The number of anilines is 1. The minimum atomic E-state index is -0.545. The largest absolute Gasteiger partial charge is 0.468 e. The minimum Gasteiger partial charge on any atom is -0.468 e. The molecule has 2 aromatic rings. The number of ketones is 1. The summed E-state index contributed by atoms with van der Waals surface area (Å²) in [6.45, 7) is 0. The predicted octanol–water partition coefficient (Wildman–Crippen LogP) is 4.73. The van der Waals surface area contributed by atoms with Gasteiger partial charge in [0.1, 0.15) is 5.76 Å². The van der Waals surface area contributed by atoms with Crippen molar-refractivity contribution in [2.24, 2.45) is 0 Å². The Morgan fingerprint density at radius 1 is 1.30 bits per heavy atom. The van der Waals surface area contributed by atoms with Crippen LogP contribution in [0.25, 0.3) is 0 Å². The molecular formula is C22H18ClN3O3S. The second kappa shape index (κ2) is 8.82. The molecule has 30 heavy (non-hydrogen) atoms. The normalized spacial score (nSPS) is 18.5. The Hall–Kier alpha value is -2.95. The fourth-order valence-electron chi connectivity index (χ4n) is 3.65. The molecule has 1 aromatic carbocycles. The van der Waals surface area contributed by atoms with Gasteiger partial charge in [0, 0.05) is 28.4 Å². The van der Waals surface area contributed by atoms with E-state index in [4.69, 9.17) is 16.0 Å². The average Bonchev–Trinajstić information content (AvgIpc) is 3.27. The van der Waals surface area contributed by atoms with Crippen LogP contribution in [-0.4, -0.2) is 17.4 Å². The molecule has 2 heterocycles. The third-order valence-electron chi connectivity index (χ3n) is 4.97. The average molecular weight is 440 g/mol. The smallest absolute Gasteiger partial charge is 0.234 e. The van der Waals surface area contributed by atoms with Gasteiger partial charge >= 0.3 is 0 Å². The number of hydrogen-bond donors (Lipinski definition) is 2. The number of nitrogens with one attached hydrogen (secondary N) is 2. The van der Waals surface area contributed by atoms with Crippen LogP contribution in [0.5, 0.6) is 0 Å². The number of carbonyl (C=O) groups is 2. The number of Topliss-reactive ketones (excluding diaryl/α,β-unsaturated/α-hetero) is 1. The number of carbonyl (C=O) groups excluding carboxylic acids is 2. The lowest BCUT2D eigenvalue weighted by atomic mass is 9.79. The number of amides is 1. The van der Waals surface area contributed by atoms with E-state index in [0.29, 0.717) is 39.1 Å². The number of benzene rings is 1. The molecule has 2 aliphatic rings. The zero-order chi connectivity index (χ0) is 21.1. The van der Waals surface area contributed by atoms with Crippen LogP contribution >= 0.6 is 23.4 Å². The van der Waals surface area contributed by atoms with E-state index in [1.165, 1.54) is 18.0 Å². The molecule has 0 saturated heterocycles. The number of hydrogen-bond acceptors (Lipinski definition) is 6. The van der Waals surface area contributed by atoms with E-state index < -0.39 is 5.92 Å². The standard InChI is InChI=1S/C22H18ClN3O3S/c23-13-6-8-14(9-7-13)25-19(28)12-30-22-15(11-24)20(18-5-2-10-29-18)21-16(26-22)3-1-4-17(21)27/h2,5-10,20,26H,1,3-4,12H2,(H,25,28). The highest BCUT2D eigenvalue weighted by atomic mass is 35.5. The fraction of sp³-hybridized carbons (Fsp3) is 0.227. The van der Waals surface area contributed by atoms with Crippen LogP contribution in [0.1, 0.15) is 30.9 Å². The number of furan rings is 1. The first-order valence-electron chi connectivity index (χ1n) is 9.46. The van der Waals surface area contributed by atoms with Crippen molar-refractivity contribution in [2.45, 2.75) is 25.2 Å². The molecule has 1 aliphatic carbocycles. The van der Waals surface area contributed by atoms with Gasteiger partial charge < -0.3 is 15.1 Å². The molecule has 4 rings (SSSR count). The SMILES string of the molecule is N#CC1=C(SCC(=O)Nc2ccc(Cl)cc2)NC2=C(C(=O)CCC2)C1c1ccco1. The lowest BCUT2D eigenvalue weighted by Crippen LogP contribution is -2.31. The molecule has 2 N–H and O–H groups in total. The number of thioether (sulfide) groups is 1. The van der Waals surface area contributed by atoms with E-state index in [-0.39, 0.29) is 17.4 Å². The Labute approximate surface area is 183 Å². The maximum atomic E-state index is 12.6. The van der Waals surface area contributed by atoms with Crippen LogP contribution in [0.3, 0.4) is 0 Å². The summed E-state index contributed by atoms with van der Waals surface area (Å²) in [4.78, 5) is 25.0. The summed E-state index contributed by atoms with van der Waals surface area (Å²) < 4.78 is 5.57. The van der Waals surface area contributed by atoms with Gasteiger partial charge in [-0.15, -0.1) is 0 Å². The van der Waals surface area contributed by atoms with Crippen molar-refractivity contribution in [3.05, 3.63) is 75.3 Å². The monoisotopic (exact) mass is 439 g/mol. The molecule has 8 heteroatoms. The van der Waals surface area contributed by atoms with E-state index in [0.717, 1.165) is 18.5 Å². The summed E-state index contributed by atoms with van der Waals surface area (Å²) in [5.41, 5.74) is 2.45. The van der Waals surface area contributed by atoms with Crippen molar-refractivity contribution in [2.75, 3.05) is 11.1 Å². The van der Waals surface area contributed by atoms with Gasteiger partial charge in [0.15, 0.2) is 5.78 Å². The maximum absolute atomic E-state index is 12.6. The maximum Gasteiger partial charge on any atom is 0.234 e. The Morgan fingerprint density at radius 2 is 2.10 bits per heavy atom. The van der Waals surface area contributed by atoms with Gasteiger partial charge in [-0.05, 0) is 49.2 Å². The van der Waals surface area contributed by atoms with Crippen molar-refractivity contribution >= 4 is 40.7 Å². The summed E-state index contributed by atoms with van der Waals surface area (Å²) in [6.07, 6.45) is 3.47. The van der Waals surface area contributed by atoms with Crippen molar-refractivity contribution in [3.63, 3.8) is 0 Å². The number of nitriles is 1. The molecule has 0 saturated carbocycles. The van der Waals surface area contributed by atoms with E-state index >= 15 is 0 Å².